The van der Waals surface area contributed by atoms with E-state index < -0.39 is 0 Å². The molecule has 1 N–H and O–H groups in total. The first-order valence-corrected chi connectivity index (χ1v) is 7.05. The Morgan fingerprint density at radius 2 is 1.79 bits per heavy atom. The van der Waals surface area contributed by atoms with Crippen LogP contribution in [0, 0.1) is 13.8 Å². The number of benzene rings is 1. The Morgan fingerprint density at radius 3 is 2.37 bits per heavy atom. The second kappa shape index (κ2) is 9.08. The summed E-state index contributed by atoms with van der Waals surface area (Å²) in [6.07, 6.45) is 0.947. The summed E-state index contributed by atoms with van der Waals surface area (Å²) in [5, 5.41) is 3.49. The molecular weight excluding hydrogens is 238 g/mol. The summed E-state index contributed by atoms with van der Waals surface area (Å²) < 4.78 is 10.8. The monoisotopic (exact) mass is 265 g/mol. The highest BCUT2D eigenvalue weighted by molar-refractivity contribution is 5.30. The van der Waals surface area contributed by atoms with Gasteiger partial charge in [-0.2, -0.15) is 0 Å². The molecule has 108 valence electrons. The van der Waals surface area contributed by atoms with E-state index in [0.717, 1.165) is 26.2 Å². The van der Waals surface area contributed by atoms with Crippen LogP contribution in [0.4, 0.5) is 0 Å². The van der Waals surface area contributed by atoms with Crippen molar-refractivity contribution in [2.24, 2.45) is 0 Å². The molecule has 0 saturated heterocycles. The second-order valence-corrected chi connectivity index (χ2v) is 4.95. The highest BCUT2D eigenvalue weighted by Crippen LogP contribution is 2.17. The van der Waals surface area contributed by atoms with Gasteiger partial charge in [-0.25, -0.2) is 0 Å². The lowest BCUT2D eigenvalue weighted by atomic mass is 10.0. The van der Waals surface area contributed by atoms with Crippen LogP contribution in [0.3, 0.4) is 0 Å². The van der Waals surface area contributed by atoms with E-state index in [1.165, 1.54) is 16.7 Å². The largest absolute Gasteiger partial charge is 0.385 e. The molecule has 0 saturated carbocycles. The molecule has 0 bridgehead atoms. The van der Waals surface area contributed by atoms with Crippen LogP contribution in [-0.2, 0) is 9.47 Å². The fraction of sp³-hybridized carbons (Fsp3) is 0.625. The highest BCUT2D eigenvalue weighted by Gasteiger charge is 2.11. The van der Waals surface area contributed by atoms with Gasteiger partial charge in [0.2, 0.25) is 0 Å². The number of nitrogens with one attached hydrogen (secondary N) is 1. The summed E-state index contributed by atoms with van der Waals surface area (Å²) in [6.45, 7) is 9.56. The number of aryl methyl sites for hydroxylation is 2. The van der Waals surface area contributed by atoms with Crippen LogP contribution in [0.25, 0.3) is 0 Å². The summed E-state index contributed by atoms with van der Waals surface area (Å²) >= 11 is 0. The SMILES string of the molecule is CCNC(COCCCOC)c1cc(C)cc(C)c1. The van der Waals surface area contributed by atoms with Crippen molar-refractivity contribution in [3.05, 3.63) is 34.9 Å². The van der Waals surface area contributed by atoms with Crippen LogP contribution in [-0.4, -0.2) is 33.5 Å². The molecule has 0 spiro atoms. The lowest BCUT2D eigenvalue weighted by molar-refractivity contribution is 0.0878. The minimum Gasteiger partial charge on any atom is -0.385 e. The minimum absolute atomic E-state index is 0.270. The number of hydrogen-bond donors (Lipinski definition) is 1. The predicted octanol–water partition coefficient (Wildman–Crippen LogP) is 3.01. The third-order valence-electron chi connectivity index (χ3n) is 3.02. The minimum atomic E-state index is 0.270. The average Bonchev–Trinajstić information content (AvgIpc) is 2.36. The van der Waals surface area contributed by atoms with Crippen molar-refractivity contribution in [3.8, 4) is 0 Å². The van der Waals surface area contributed by atoms with Crippen LogP contribution in [0.2, 0.25) is 0 Å². The highest BCUT2D eigenvalue weighted by atomic mass is 16.5. The van der Waals surface area contributed by atoms with Gasteiger partial charge in [-0.05, 0) is 32.4 Å². The van der Waals surface area contributed by atoms with Crippen LogP contribution in [0.1, 0.15) is 36.1 Å². The van der Waals surface area contributed by atoms with Crippen LogP contribution >= 0.6 is 0 Å². The molecule has 0 aliphatic rings. The Balaban J connectivity index is 2.55. The molecule has 0 amide bonds. The normalized spacial score (nSPS) is 12.6. The molecule has 0 aliphatic carbocycles. The van der Waals surface area contributed by atoms with E-state index >= 15 is 0 Å². The molecule has 3 heteroatoms. The predicted molar refractivity (Wildman–Crippen MR) is 79.6 cm³/mol. The maximum Gasteiger partial charge on any atom is 0.0661 e. The van der Waals surface area contributed by atoms with E-state index in [-0.39, 0.29) is 6.04 Å². The Morgan fingerprint density at radius 1 is 1.11 bits per heavy atom. The van der Waals surface area contributed by atoms with E-state index in [9.17, 15) is 0 Å². The van der Waals surface area contributed by atoms with E-state index in [0.29, 0.717) is 6.61 Å². The maximum atomic E-state index is 5.74. The van der Waals surface area contributed by atoms with Crippen LogP contribution in [0.5, 0.6) is 0 Å². The molecule has 0 aromatic heterocycles. The van der Waals surface area contributed by atoms with Crippen molar-refractivity contribution in [2.75, 3.05) is 33.5 Å². The van der Waals surface area contributed by atoms with Gasteiger partial charge < -0.3 is 14.8 Å². The first kappa shape index (κ1) is 16.2. The Kier molecular flexibility index (Phi) is 7.72. The molecule has 1 rings (SSSR count). The van der Waals surface area contributed by atoms with Gasteiger partial charge >= 0.3 is 0 Å². The molecular formula is C16H27NO2. The van der Waals surface area contributed by atoms with Crippen LogP contribution < -0.4 is 5.32 Å². The van der Waals surface area contributed by atoms with E-state index in [1.54, 1.807) is 7.11 Å². The third-order valence-corrected chi connectivity index (χ3v) is 3.02. The van der Waals surface area contributed by atoms with Gasteiger partial charge in [0.05, 0.1) is 12.6 Å². The Labute approximate surface area is 117 Å². The summed E-state index contributed by atoms with van der Waals surface area (Å²) in [7, 11) is 1.72. The summed E-state index contributed by atoms with van der Waals surface area (Å²) in [4.78, 5) is 0. The summed E-state index contributed by atoms with van der Waals surface area (Å²) in [6, 6.07) is 6.94. The second-order valence-electron chi connectivity index (χ2n) is 4.95. The van der Waals surface area contributed by atoms with Crippen molar-refractivity contribution in [3.63, 3.8) is 0 Å². The Bertz CT molecular complexity index is 346. The summed E-state index contributed by atoms with van der Waals surface area (Å²) in [5.41, 5.74) is 3.92. The summed E-state index contributed by atoms with van der Waals surface area (Å²) in [5.74, 6) is 0. The smallest absolute Gasteiger partial charge is 0.0661 e. The van der Waals surface area contributed by atoms with Crippen molar-refractivity contribution in [1.82, 2.24) is 5.32 Å². The number of ether oxygens (including phenoxy) is 2. The zero-order valence-corrected chi connectivity index (χ0v) is 12.7. The molecule has 0 radical (unpaired) electrons. The topological polar surface area (TPSA) is 30.5 Å². The zero-order chi connectivity index (χ0) is 14.1. The van der Waals surface area contributed by atoms with E-state index in [1.807, 2.05) is 0 Å². The van der Waals surface area contributed by atoms with Crippen molar-refractivity contribution in [2.45, 2.75) is 33.2 Å². The molecule has 1 atom stereocenters. The number of methoxy groups -OCH3 is 1. The van der Waals surface area contributed by atoms with Crippen molar-refractivity contribution >= 4 is 0 Å². The Hall–Kier alpha value is -0.900. The van der Waals surface area contributed by atoms with Crippen molar-refractivity contribution < 1.29 is 9.47 Å². The van der Waals surface area contributed by atoms with Gasteiger partial charge in [0.1, 0.15) is 0 Å². The first-order valence-electron chi connectivity index (χ1n) is 7.05. The van der Waals surface area contributed by atoms with Gasteiger partial charge in [0.25, 0.3) is 0 Å². The number of rotatable bonds is 9. The van der Waals surface area contributed by atoms with E-state index in [4.69, 9.17) is 9.47 Å². The van der Waals surface area contributed by atoms with Crippen LogP contribution in [0.15, 0.2) is 18.2 Å². The van der Waals surface area contributed by atoms with Gasteiger partial charge in [-0.3, -0.25) is 0 Å². The molecule has 0 aliphatic heterocycles. The molecule has 0 fully saturated rings. The van der Waals surface area contributed by atoms with E-state index in [2.05, 4.69) is 44.3 Å². The van der Waals surface area contributed by atoms with Gasteiger partial charge in [-0.15, -0.1) is 0 Å². The van der Waals surface area contributed by atoms with Gasteiger partial charge in [-0.1, -0.05) is 36.2 Å². The lowest BCUT2D eigenvalue weighted by Gasteiger charge is -2.19. The third kappa shape index (κ3) is 6.19. The molecule has 1 aromatic carbocycles. The maximum absolute atomic E-state index is 5.74. The van der Waals surface area contributed by atoms with Gasteiger partial charge in [0.15, 0.2) is 0 Å². The number of hydrogen-bond acceptors (Lipinski definition) is 3. The molecule has 0 heterocycles. The molecule has 19 heavy (non-hydrogen) atoms. The molecule has 1 aromatic rings. The lowest BCUT2D eigenvalue weighted by Crippen LogP contribution is -2.25. The average molecular weight is 265 g/mol. The quantitative estimate of drug-likeness (QED) is 0.696. The van der Waals surface area contributed by atoms with Gasteiger partial charge in [0, 0.05) is 20.3 Å². The molecule has 3 nitrogen and oxygen atoms in total. The number of likely N-dealkylation sites (N-methyl/N-ethyl adjacent to an activating group) is 1. The fourth-order valence-corrected chi connectivity index (χ4v) is 2.24. The fourth-order valence-electron chi connectivity index (χ4n) is 2.24. The van der Waals surface area contributed by atoms with Crippen molar-refractivity contribution in [1.29, 1.82) is 0 Å². The zero-order valence-electron chi connectivity index (χ0n) is 12.7. The molecule has 1 unspecified atom stereocenters. The standard InChI is InChI=1S/C16H27NO2/c1-5-17-16(12-19-8-6-7-18-4)15-10-13(2)9-14(3)11-15/h9-11,16-17H,5-8,12H2,1-4H3. The first-order chi connectivity index (χ1) is 9.17.